The van der Waals surface area contributed by atoms with Crippen molar-refractivity contribution in [3.8, 4) is 0 Å². The molecule has 5 heteroatoms. The van der Waals surface area contributed by atoms with Gasteiger partial charge in [0, 0.05) is 0 Å². The van der Waals surface area contributed by atoms with Gasteiger partial charge in [0.05, 0.1) is 0 Å². The second-order valence-corrected chi connectivity index (χ2v) is 1.89. The number of carboxylic acids is 1. The summed E-state index contributed by atoms with van der Waals surface area (Å²) in [6, 6.07) is -0.880. The molecule has 3 N–H and O–H groups in total. The van der Waals surface area contributed by atoms with E-state index in [4.69, 9.17) is 10.3 Å². The van der Waals surface area contributed by atoms with Crippen LogP contribution < -0.4 is 5.48 Å². The van der Waals surface area contributed by atoms with E-state index in [-0.39, 0.29) is 5.32 Å². The van der Waals surface area contributed by atoms with Crippen molar-refractivity contribution < 1.29 is 15.1 Å². The molecule has 4 nitrogen and oxygen atoms in total. The molecular weight excluding hydrogens is 177 g/mol. The number of rotatable bonds is 3. The summed E-state index contributed by atoms with van der Waals surface area (Å²) < 4.78 is 0. The second kappa shape index (κ2) is 3.86. The quantitative estimate of drug-likeness (QED) is 0.388. The Morgan fingerprint density at radius 3 is 2.38 bits per heavy atom. The van der Waals surface area contributed by atoms with Gasteiger partial charge in [-0.1, -0.05) is 0 Å². The zero-order chi connectivity index (χ0) is 6.57. The van der Waals surface area contributed by atoms with E-state index < -0.39 is 12.0 Å². The maximum atomic E-state index is 9.92. The third-order valence-corrected chi connectivity index (χ3v) is 1.32. The van der Waals surface area contributed by atoms with Crippen molar-refractivity contribution in [2.24, 2.45) is 0 Å². The van der Waals surface area contributed by atoms with E-state index in [2.05, 4.69) is 16.0 Å². The molecule has 0 rings (SSSR count). The number of hydrogen-bond donors (Lipinski definition) is 3. The van der Waals surface area contributed by atoms with E-state index in [1.54, 1.807) is 5.48 Å². The summed E-state index contributed by atoms with van der Waals surface area (Å²) >= 11 is 2.47. The molecule has 1 atom stereocenters. The van der Waals surface area contributed by atoms with Crippen molar-refractivity contribution in [2.45, 2.75) is 11.4 Å². The number of nitrogens with one attached hydrogen (secondary N) is 1. The molecule has 47 valence electrons. The first-order chi connectivity index (χ1) is 3.72. The first-order valence-corrected chi connectivity index (χ1v) is 3.14. The first kappa shape index (κ1) is 7.91. The third-order valence-electron chi connectivity index (χ3n) is 0.621. The van der Waals surface area contributed by atoms with Gasteiger partial charge in [-0.05, 0) is 0 Å². The van der Waals surface area contributed by atoms with Gasteiger partial charge in [0.2, 0.25) is 0 Å². The monoisotopic (exact) mass is 184 g/mol. The van der Waals surface area contributed by atoms with E-state index in [1.165, 1.54) is 0 Å². The fourth-order valence-electron chi connectivity index (χ4n) is 0.164. The molecule has 0 heterocycles. The van der Waals surface area contributed by atoms with Crippen LogP contribution in [0.3, 0.4) is 0 Å². The van der Waals surface area contributed by atoms with Crippen LogP contribution in [-0.4, -0.2) is 38.3 Å². The number of aliphatic carboxylic acids is 1. The summed E-state index contributed by atoms with van der Waals surface area (Å²) in [5, 5.41) is 16.4. The summed E-state index contributed by atoms with van der Waals surface area (Å²) in [5.41, 5.74) is 1.62. The molecule has 0 amide bonds. The Kier molecular flexibility index (Phi) is 3.81. The van der Waals surface area contributed by atoms with E-state index in [9.17, 15) is 4.79 Å². The number of hydroxylamine groups is 1. The molecule has 0 unspecified atom stereocenters. The number of carboxylic acid groups (broad SMARTS) is 1. The molecule has 0 aliphatic rings. The predicted molar refractivity (Wildman–Crippen MR) is 26.9 cm³/mol. The molecule has 0 aromatic carbocycles. The minimum absolute atomic E-state index is 0.256. The average Bonchev–Trinajstić information content (AvgIpc) is 1.69. The Morgan fingerprint density at radius 1 is 1.88 bits per heavy atom. The summed E-state index contributed by atoms with van der Waals surface area (Å²) in [6.07, 6.45) is 0. The van der Waals surface area contributed by atoms with Gasteiger partial charge in [-0.2, -0.15) is 0 Å². The van der Waals surface area contributed by atoms with Crippen molar-refractivity contribution in [2.75, 3.05) is 0 Å². The molecule has 0 saturated heterocycles. The van der Waals surface area contributed by atoms with E-state index in [1.807, 2.05) is 0 Å². The zero-order valence-electron chi connectivity index (χ0n) is 4.00. The molecule has 0 bridgehead atoms. The van der Waals surface area contributed by atoms with Gasteiger partial charge >= 0.3 is 53.9 Å². The first-order valence-electron chi connectivity index (χ1n) is 1.93. The summed E-state index contributed by atoms with van der Waals surface area (Å²) in [7, 11) is 0. The summed E-state index contributed by atoms with van der Waals surface area (Å²) in [6.45, 7) is 0. The van der Waals surface area contributed by atoms with Gasteiger partial charge < -0.3 is 0 Å². The molecule has 0 fully saturated rings. The fourth-order valence-corrected chi connectivity index (χ4v) is 0.619. The molecule has 0 saturated carbocycles. The van der Waals surface area contributed by atoms with Gasteiger partial charge in [-0.3, -0.25) is 0 Å². The average molecular weight is 183 g/mol. The zero-order valence-corrected chi connectivity index (χ0v) is 5.71. The summed E-state index contributed by atoms with van der Waals surface area (Å²) in [4.78, 5) is 9.92. The predicted octanol–water partition coefficient (Wildman–Crippen LogP) is -0.995. The molecule has 0 aliphatic carbocycles. The Bertz CT molecular complexity index is 82.6. The standard InChI is InChI=1S/C3H6NO3Se/c5-3(6)2(1-8)4-7/h2,4,7H,1H2,(H,5,6)/t2-/m0/s1. The Morgan fingerprint density at radius 2 is 2.38 bits per heavy atom. The molecule has 1 radical (unpaired) electrons. The van der Waals surface area contributed by atoms with E-state index in [0.717, 1.165) is 0 Å². The van der Waals surface area contributed by atoms with Crippen LogP contribution in [0, 0.1) is 0 Å². The van der Waals surface area contributed by atoms with Crippen molar-refractivity contribution in [3.05, 3.63) is 0 Å². The van der Waals surface area contributed by atoms with E-state index >= 15 is 0 Å². The van der Waals surface area contributed by atoms with Crippen LogP contribution in [0.5, 0.6) is 0 Å². The molecule has 0 aromatic rings. The van der Waals surface area contributed by atoms with Crippen LogP contribution in [-0.2, 0) is 4.79 Å². The van der Waals surface area contributed by atoms with Crippen molar-refractivity contribution in [3.63, 3.8) is 0 Å². The second-order valence-electron chi connectivity index (χ2n) is 1.19. The molecule has 8 heavy (non-hydrogen) atoms. The van der Waals surface area contributed by atoms with Crippen LogP contribution in [0.15, 0.2) is 0 Å². The Hall–Kier alpha value is -0.0905. The van der Waals surface area contributed by atoms with E-state index in [0.29, 0.717) is 0 Å². The van der Waals surface area contributed by atoms with Crippen LogP contribution in [0.1, 0.15) is 0 Å². The number of hydrogen-bond acceptors (Lipinski definition) is 3. The van der Waals surface area contributed by atoms with Gasteiger partial charge in [0.1, 0.15) is 0 Å². The van der Waals surface area contributed by atoms with Crippen LogP contribution in [0.2, 0.25) is 5.32 Å². The van der Waals surface area contributed by atoms with Gasteiger partial charge in [0.25, 0.3) is 0 Å². The number of carbonyl (C=O) groups is 1. The van der Waals surface area contributed by atoms with Gasteiger partial charge in [-0.25, -0.2) is 0 Å². The van der Waals surface area contributed by atoms with Crippen molar-refractivity contribution in [1.29, 1.82) is 0 Å². The van der Waals surface area contributed by atoms with Gasteiger partial charge in [0.15, 0.2) is 0 Å². The van der Waals surface area contributed by atoms with Crippen LogP contribution >= 0.6 is 0 Å². The molecule has 0 aromatic heterocycles. The SMILES string of the molecule is O=C(O)[C@H](C[Se])NO. The van der Waals surface area contributed by atoms with Crippen molar-refractivity contribution >= 4 is 22.0 Å². The topological polar surface area (TPSA) is 69.6 Å². The van der Waals surface area contributed by atoms with Crippen LogP contribution in [0.4, 0.5) is 0 Å². The molecule has 0 aliphatic heterocycles. The summed E-state index contributed by atoms with van der Waals surface area (Å²) in [5.74, 6) is -1.06. The molecule has 0 spiro atoms. The molecular formula is C3H6NO3Se. The normalized spacial score (nSPS) is 13.2. The Balaban J connectivity index is 3.52. The van der Waals surface area contributed by atoms with Gasteiger partial charge in [-0.15, -0.1) is 0 Å². The maximum absolute atomic E-state index is 9.92. The van der Waals surface area contributed by atoms with Crippen molar-refractivity contribution in [1.82, 2.24) is 5.48 Å². The van der Waals surface area contributed by atoms with Crippen LogP contribution in [0.25, 0.3) is 0 Å². The minimum atomic E-state index is -1.06. The fraction of sp³-hybridized carbons (Fsp3) is 0.667. The third kappa shape index (κ3) is 2.28. The Labute approximate surface area is 54.7 Å².